The summed E-state index contributed by atoms with van der Waals surface area (Å²) in [6.45, 7) is 3.79. The van der Waals surface area contributed by atoms with Gasteiger partial charge >= 0.3 is 0 Å². The Hall–Kier alpha value is -0.0400. The Morgan fingerprint density at radius 1 is 1.40 bits per heavy atom. The van der Waals surface area contributed by atoms with Crippen LogP contribution < -0.4 is 0 Å². The SMILES string of the molecule is CN1CCC2(C)CCC1C2. The third-order valence-corrected chi connectivity index (χ3v) is 3.50. The van der Waals surface area contributed by atoms with Crippen LogP contribution in [-0.4, -0.2) is 24.5 Å². The first-order chi connectivity index (χ1) is 4.70. The van der Waals surface area contributed by atoms with Crippen LogP contribution in [0.25, 0.3) is 0 Å². The lowest BCUT2D eigenvalue weighted by atomic mass is 9.83. The van der Waals surface area contributed by atoms with E-state index < -0.39 is 0 Å². The standard InChI is InChI=1S/C9H17N/c1-9-4-3-8(7-9)10(2)6-5-9/h8H,3-7H2,1-2H3. The summed E-state index contributed by atoms with van der Waals surface area (Å²) < 4.78 is 0. The molecule has 0 radical (unpaired) electrons. The molecule has 0 aromatic rings. The van der Waals surface area contributed by atoms with Gasteiger partial charge in [0.05, 0.1) is 0 Å². The summed E-state index contributed by atoms with van der Waals surface area (Å²) in [5.74, 6) is 0. The van der Waals surface area contributed by atoms with Gasteiger partial charge < -0.3 is 4.90 Å². The largest absolute Gasteiger partial charge is 0.303 e. The van der Waals surface area contributed by atoms with Crippen molar-refractivity contribution in [3.63, 3.8) is 0 Å². The highest BCUT2D eigenvalue weighted by Gasteiger charge is 2.40. The van der Waals surface area contributed by atoms with Crippen LogP contribution in [0, 0.1) is 5.41 Å². The summed E-state index contributed by atoms with van der Waals surface area (Å²) in [5.41, 5.74) is 0.733. The summed E-state index contributed by atoms with van der Waals surface area (Å²) >= 11 is 0. The third kappa shape index (κ3) is 0.878. The molecule has 58 valence electrons. The Labute approximate surface area is 63.4 Å². The second kappa shape index (κ2) is 1.97. The first-order valence-corrected chi connectivity index (χ1v) is 4.40. The van der Waals surface area contributed by atoms with Crippen molar-refractivity contribution in [2.24, 2.45) is 5.41 Å². The molecule has 1 heteroatoms. The molecule has 2 bridgehead atoms. The number of hydrogen-bond donors (Lipinski definition) is 0. The molecule has 2 atom stereocenters. The third-order valence-electron chi connectivity index (χ3n) is 3.50. The van der Waals surface area contributed by atoms with E-state index in [0.29, 0.717) is 0 Å². The van der Waals surface area contributed by atoms with Crippen molar-refractivity contribution in [1.29, 1.82) is 0 Å². The maximum Gasteiger partial charge on any atom is 0.00976 e. The van der Waals surface area contributed by atoms with E-state index in [9.17, 15) is 0 Å². The van der Waals surface area contributed by atoms with Crippen molar-refractivity contribution in [2.45, 2.75) is 38.6 Å². The number of fused-ring (bicyclic) bond motifs is 2. The molecule has 0 spiro atoms. The van der Waals surface area contributed by atoms with Gasteiger partial charge in [0.25, 0.3) is 0 Å². The minimum Gasteiger partial charge on any atom is -0.303 e. The van der Waals surface area contributed by atoms with Crippen LogP contribution in [0.5, 0.6) is 0 Å². The predicted octanol–water partition coefficient (Wildman–Crippen LogP) is 1.88. The lowest BCUT2D eigenvalue weighted by Gasteiger charge is -2.35. The van der Waals surface area contributed by atoms with E-state index in [0.717, 1.165) is 11.5 Å². The minimum atomic E-state index is 0.733. The van der Waals surface area contributed by atoms with Crippen molar-refractivity contribution in [2.75, 3.05) is 13.6 Å². The topological polar surface area (TPSA) is 3.24 Å². The molecule has 1 heterocycles. The molecule has 0 amide bonds. The molecule has 1 saturated carbocycles. The zero-order valence-electron chi connectivity index (χ0n) is 7.06. The summed E-state index contributed by atoms with van der Waals surface area (Å²) in [6.07, 6.45) is 5.82. The highest BCUT2D eigenvalue weighted by molar-refractivity contribution is 4.94. The molecule has 10 heavy (non-hydrogen) atoms. The molecule has 2 aliphatic rings. The Morgan fingerprint density at radius 2 is 2.20 bits per heavy atom. The van der Waals surface area contributed by atoms with Crippen molar-refractivity contribution in [3.8, 4) is 0 Å². The zero-order valence-corrected chi connectivity index (χ0v) is 7.06. The van der Waals surface area contributed by atoms with E-state index in [2.05, 4.69) is 18.9 Å². The zero-order chi connectivity index (χ0) is 7.19. The molecular formula is C9H17N. The van der Waals surface area contributed by atoms with Crippen molar-refractivity contribution >= 4 is 0 Å². The summed E-state index contributed by atoms with van der Waals surface area (Å²) in [4.78, 5) is 2.54. The van der Waals surface area contributed by atoms with Gasteiger partial charge in [0.2, 0.25) is 0 Å². The Kier molecular flexibility index (Phi) is 1.31. The van der Waals surface area contributed by atoms with Gasteiger partial charge in [-0.15, -0.1) is 0 Å². The molecule has 2 unspecified atom stereocenters. The quantitative estimate of drug-likeness (QED) is 0.495. The van der Waals surface area contributed by atoms with Gasteiger partial charge in [-0.2, -0.15) is 0 Å². The van der Waals surface area contributed by atoms with Crippen molar-refractivity contribution in [3.05, 3.63) is 0 Å². The second-order valence-corrected chi connectivity index (χ2v) is 4.44. The monoisotopic (exact) mass is 139 g/mol. The molecule has 0 N–H and O–H groups in total. The number of piperidine rings is 1. The van der Waals surface area contributed by atoms with Gasteiger partial charge in [-0.25, -0.2) is 0 Å². The molecule has 0 aromatic carbocycles. The molecule has 2 fully saturated rings. The lowest BCUT2D eigenvalue weighted by Crippen LogP contribution is -2.37. The van der Waals surface area contributed by atoms with Crippen LogP contribution in [0.3, 0.4) is 0 Å². The Morgan fingerprint density at radius 3 is 2.90 bits per heavy atom. The molecule has 0 aromatic heterocycles. The first-order valence-electron chi connectivity index (χ1n) is 4.40. The molecule has 2 rings (SSSR count). The summed E-state index contributed by atoms with van der Waals surface area (Å²) in [7, 11) is 2.27. The molecule has 1 saturated heterocycles. The number of nitrogens with zero attached hydrogens (tertiary/aromatic N) is 1. The van der Waals surface area contributed by atoms with Gasteiger partial charge in [0.1, 0.15) is 0 Å². The Balaban J connectivity index is 2.12. The van der Waals surface area contributed by atoms with Gasteiger partial charge in [-0.05, 0) is 44.7 Å². The van der Waals surface area contributed by atoms with Crippen LogP contribution in [0.15, 0.2) is 0 Å². The van der Waals surface area contributed by atoms with E-state index in [1.807, 2.05) is 0 Å². The lowest BCUT2D eigenvalue weighted by molar-refractivity contribution is 0.142. The van der Waals surface area contributed by atoms with E-state index in [4.69, 9.17) is 0 Å². The summed E-state index contributed by atoms with van der Waals surface area (Å²) in [5, 5.41) is 0. The van der Waals surface area contributed by atoms with Crippen LogP contribution in [0.2, 0.25) is 0 Å². The molecule has 1 aliphatic heterocycles. The van der Waals surface area contributed by atoms with E-state index in [1.54, 1.807) is 0 Å². The van der Waals surface area contributed by atoms with Gasteiger partial charge in [-0.1, -0.05) is 6.92 Å². The summed E-state index contributed by atoms with van der Waals surface area (Å²) in [6, 6.07) is 0.929. The van der Waals surface area contributed by atoms with E-state index in [1.165, 1.54) is 32.2 Å². The fourth-order valence-corrected chi connectivity index (χ4v) is 2.52. The molecular weight excluding hydrogens is 122 g/mol. The second-order valence-electron chi connectivity index (χ2n) is 4.44. The molecule has 1 nitrogen and oxygen atoms in total. The van der Waals surface area contributed by atoms with Gasteiger partial charge in [0, 0.05) is 6.04 Å². The van der Waals surface area contributed by atoms with Crippen LogP contribution >= 0.6 is 0 Å². The van der Waals surface area contributed by atoms with Gasteiger partial charge in [-0.3, -0.25) is 0 Å². The van der Waals surface area contributed by atoms with Crippen LogP contribution in [0.1, 0.15) is 32.6 Å². The number of rotatable bonds is 0. The van der Waals surface area contributed by atoms with Crippen molar-refractivity contribution < 1.29 is 0 Å². The van der Waals surface area contributed by atoms with Crippen LogP contribution in [-0.2, 0) is 0 Å². The van der Waals surface area contributed by atoms with E-state index >= 15 is 0 Å². The predicted molar refractivity (Wildman–Crippen MR) is 43.0 cm³/mol. The highest BCUT2D eigenvalue weighted by Crippen LogP contribution is 2.45. The normalized spacial score (nSPS) is 48.0. The highest BCUT2D eigenvalue weighted by atomic mass is 15.1. The average molecular weight is 139 g/mol. The van der Waals surface area contributed by atoms with Crippen LogP contribution in [0.4, 0.5) is 0 Å². The fourth-order valence-electron chi connectivity index (χ4n) is 2.52. The maximum absolute atomic E-state index is 2.54. The first kappa shape index (κ1) is 6.66. The smallest absolute Gasteiger partial charge is 0.00976 e. The Bertz CT molecular complexity index is 144. The van der Waals surface area contributed by atoms with Crippen molar-refractivity contribution in [1.82, 2.24) is 4.90 Å². The molecule has 1 aliphatic carbocycles. The fraction of sp³-hybridized carbons (Fsp3) is 1.00. The minimum absolute atomic E-state index is 0.733. The van der Waals surface area contributed by atoms with Gasteiger partial charge in [0.15, 0.2) is 0 Å². The number of hydrogen-bond acceptors (Lipinski definition) is 1. The van der Waals surface area contributed by atoms with E-state index in [-0.39, 0.29) is 0 Å². The average Bonchev–Trinajstić information content (AvgIpc) is 2.23. The number of likely N-dealkylation sites (tertiary alicyclic amines) is 1. The maximum atomic E-state index is 2.54.